The van der Waals surface area contributed by atoms with Gasteiger partial charge in [0, 0.05) is 18.4 Å². The fourth-order valence-electron chi connectivity index (χ4n) is 3.37. The molecule has 2 amide bonds. The van der Waals surface area contributed by atoms with Crippen molar-refractivity contribution in [1.29, 1.82) is 0 Å². The van der Waals surface area contributed by atoms with E-state index in [-0.39, 0.29) is 25.0 Å². The largest absolute Gasteiger partial charge is 0.356 e. The van der Waals surface area contributed by atoms with Crippen LogP contribution in [0, 0.1) is 20.8 Å². The minimum Gasteiger partial charge on any atom is -0.356 e. The Morgan fingerprint density at radius 1 is 1.22 bits per heavy atom. The summed E-state index contributed by atoms with van der Waals surface area (Å²) in [5.74, 6) is 0.115. The van der Waals surface area contributed by atoms with Crippen LogP contribution >= 0.6 is 0 Å². The number of hydrogen-bond donors (Lipinski definition) is 1. The third-order valence-electron chi connectivity index (χ3n) is 4.70. The smallest absolute Gasteiger partial charge is 0.252 e. The van der Waals surface area contributed by atoms with Gasteiger partial charge in [-0.25, -0.2) is 9.97 Å². The Balaban J connectivity index is 1.80. The van der Waals surface area contributed by atoms with Crippen molar-refractivity contribution in [1.82, 2.24) is 20.2 Å². The highest BCUT2D eigenvalue weighted by Crippen LogP contribution is 2.31. The first-order valence-corrected chi connectivity index (χ1v) is 8.88. The molecule has 1 aromatic heterocycles. The third-order valence-corrected chi connectivity index (χ3v) is 4.70. The Bertz CT molecular complexity index is 848. The van der Waals surface area contributed by atoms with E-state index in [1.807, 2.05) is 51.1 Å². The molecule has 1 aliphatic rings. The van der Waals surface area contributed by atoms with Gasteiger partial charge < -0.3 is 15.0 Å². The van der Waals surface area contributed by atoms with Gasteiger partial charge in [-0.15, -0.1) is 0 Å². The second-order valence-corrected chi connectivity index (χ2v) is 6.82. The molecule has 7 heteroatoms. The number of aromatic nitrogens is 2. The molecule has 0 unspecified atom stereocenters. The van der Waals surface area contributed by atoms with Crippen LogP contribution in [0.3, 0.4) is 0 Å². The van der Waals surface area contributed by atoms with Crippen LogP contribution in [-0.4, -0.2) is 46.4 Å². The van der Waals surface area contributed by atoms with Crippen LogP contribution in [-0.2, 0) is 20.9 Å². The van der Waals surface area contributed by atoms with Gasteiger partial charge in [0.2, 0.25) is 5.91 Å². The first kappa shape index (κ1) is 19.0. The maximum absolute atomic E-state index is 12.9. The molecular weight excluding hydrogens is 344 g/mol. The van der Waals surface area contributed by atoms with Crippen LogP contribution in [0.15, 0.2) is 30.3 Å². The molecule has 7 nitrogen and oxygen atoms in total. The number of carbonyl (C=O) groups excluding carboxylic acids is 2. The van der Waals surface area contributed by atoms with Gasteiger partial charge in [-0.3, -0.25) is 9.59 Å². The van der Waals surface area contributed by atoms with E-state index in [0.717, 1.165) is 22.5 Å². The number of rotatable bonds is 4. The molecule has 0 radical (unpaired) electrons. The normalized spacial score (nSPS) is 19.9. The minimum absolute atomic E-state index is 0.114. The molecule has 0 aliphatic carbocycles. The highest BCUT2D eigenvalue weighted by molar-refractivity contribution is 5.86. The number of carbonyl (C=O) groups is 2. The summed E-state index contributed by atoms with van der Waals surface area (Å²) in [7, 11) is 1.70. The average molecular weight is 368 g/mol. The third kappa shape index (κ3) is 4.14. The minimum atomic E-state index is -0.792. The molecule has 1 N–H and O–H groups in total. The van der Waals surface area contributed by atoms with E-state index < -0.39 is 12.1 Å². The van der Waals surface area contributed by atoms with Crippen molar-refractivity contribution in [2.75, 3.05) is 13.7 Å². The van der Waals surface area contributed by atoms with Crippen LogP contribution < -0.4 is 5.32 Å². The van der Waals surface area contributed by atoms with E-state index in [0.29, 0.717) is 5.82 Å². The number of benzene rings is 1. The molecule has 0 saturated carbocycles. The number of morpholine rings is 1. The molecule has 2 aromatic rings. The summed E-state index contributed by atoms with van der Waals surface area (Å²) in [6.45, 7) is 5.83. The van der Waals surface area contributed by atoms with Gasteiger partial charge in [0.05, 0.1) is 12.6 Å². The lowest BCUT2D eigenvalue weighted by atomic mass is 9.94. The molecule has 0 spiro atoms. The first-order valence-electron chi connectivity index (χ1n) is 8.88. The standard InChI is InChI=1S/C20H24N4O3/c1-12-7-5-6-8-15(12)18-19(27-11-17(25)24(18)4)20(26)21-10-16-22-13(2)9-14(3)23-16/h5-9,18-19H,10-11H2,1-4H3,(H,21,26)/t18-,19+/m1/s1. The SMILES string of the molecule is Cc1cc(C)nc(CNC(=O)[C@H]2OCC(=O)N(C)[C@@H]2c2ccccc2C)n1. The van der Waals surface area contributed by atoms with Gasteiger partial charge in [0.25, 0.3) is 5.91 Å². The van der Waals surface area contributed by atoms with Crippen molar-refractivity contribution in [2.24, 2.45) is 0 Å². The average Bonchev–Trinajstić information content (AvgIpc) is 2.62. The Morgan fingerprint density at radius 2 is 1.89 bits per heavy atom. The van der Waals surface area contributed by atoms with Crippen molar-refractivity contribution in [2.45, 2.75) is 39.5 Å². The second kappa shape index (κ2) is 7.84. The lowest BCUT2D eigenvalue weighted by Gasteiger charge is -2.38. The van der Waals surface area contributed by atoms with E-state index in [2.05, 4.69) is 15.3 Å². The number of nitrogens with zero attached hydrogens (tertiary/aromatic N) is 3. The van der Waals surface area contributed by atoms with Crippen molar-refractivity contribution in [3.63, 3.8) is 0 Å². The quantitative estimate of drug-likeness (QED) is 0.886. The van der Waals surface area contributed by atoms with Crippen LogP contribution in [0.25, 0.3) is 0 Å². The summed E-state index contributed by atoms with van der Waals surface area (Å²) >= 11 is 0. The summed E-state index contributed by atoms with van der Waals surface area (Å²) in [6, 6.07) is 9.11. The zero-order valence-electron chi connectivity index (χ0n) is 16.0. The monoisotopic (exact) mass is 368 g/mol. The highest BCUT2D eigenvalue weighted by atomic mass is 16.5. The predicted molar refractivity (Wildman–Crippen MR) is 99.8 cm³/mol. The summed E-state index contributed by atoms with van der Waals surface area (Å²) < 4.78 is 5.64. The number of likely N-dealkylation sites (N-methyl/N-ethyl adjacent to an activating group) is 1. The van der Waals surface area contributed by atoms with Crippen LogP contribution in [0.5, 0.6) is 0 Å². The van der Waals surface area contributed by atoms with E-state index in [4.69, 9.17) is 4.74 Å². The van der Waals surface area contributed by atoms with Crippen LogP contribution in [0.4, 0.5) is 0 Å². The van der Waals surface area contributed by atoms with Crippen molar-refractivity contribution < 1.29 is 14.3 Å². The van der Waals surface area contributed by atoms with Crippen LogP contribution in [0.1, 0.15) is 34.4 Å². The Morgan fingerprint density at radius 3 is 2.56 bits per heavy atom. The number of aryl methyl sites for hydroxylation is 3. The second-order valence-electron chi connectivity index (χ2n) is 6.82. The molecule has 2 heterocycles. The van der Waals surface area contributed by atoms with Crippen LogP contribution in [0.2, 0.25) is 0 Å². The molecule has 27 heavy (non-hydrogen) atoms. The van der Waals surface area contributed by atoms with E-state index in [9.17, 15) is 9.59 Å². The maximum Gasteiger partial charge on any atom is 0.252 e. The molecular formula is C20H24N4O3. The first-order chi connectivity index (χ1) is 12.9. The number of amides is 2. The van der Waals surface area contributed by atoms with Gasteiger partial charge in [-0.05, 0) is 38.0 Å². The Labute approximate surface area is 158 Å². The van der Waals surface area contributed by atoms with E-state index >= 15 is 0 Å². The number of hydrogen-bond acceptors (Lipinski definition) is 5. The van der Waals surface area contributed by atoms with Crippen molar-refractivity contribution >= 4 is 11.8 Å². The molecule has 1 aromatic carbocycles. The lowest BCUT2D eigenvalue weighted by Crippen LogP contribution is -2.53. The topological polar surface area (TPSA) is 84.4 Å². The van der Waals surface area contributed by atoms with Crippen molar-refractivity contribution in [3.8, 4) is 0 Å². The van der Waals surface area contributed by atoms with Gasteiger partial charge in [0.15, 0.2) is 6.10 Å². The lowest BCUT2D eigenvalue weighted by molar-refractivity contribution is -0.162. The van der Waals surface area contributed by atoms with Gasteiger partial charge in [-0.1, -0.05) is 24.3 Å². The van der Waals surface area contributed by atoms with Gasteiger partial charge >= 0.3 is 0 Å². The molecule has 0 bridgehead atoms. The molecule has 1 fully saturated rings. The zero-order valence-corrected chi connectivity index (χ0v) is 16.0. The number of ether oxygens (including phenoxy) is 1. The summed E-state index contributed by atoms with van der Waals surface area (Å²) in [5, 5.41) is 2.85. The fraction of sp³-hybridized carbons (Fsp3) is 0.400. The highest BCUT2D eigenvalue weighted by Gasteiger charge is 2.40. The molecule has 1 aliphatic heterocycles. The maximum atomic E-state index is 12.9. The fourth-order valence-corrected chi connectivity index (χ4v) is 3.37. The zero-order chi connectivity index (χ0) is 19.6. The van der Waals surface area contributed by atoms with Gasteiger partial charge in [0.1, 0.15) is 12.4 Å². The van der Waals surface area contributed by atoms with Crippen molar-refractivity contribution in [3.05, 3.63) is 58.7 Å². The summed E-state index contributed by atoms with van der Waals surface area (Å²) in [6.07, 6.45) is -0.792. The molecule has 3 rings (SSSR count). The summed E-state index contributed by atoms with van der Waals surface area (Å²) in [4.78, 5) is 35.3. The summed E-state index contributed by atoms with van der Waals surface area (Å²) in [5.41, 5.74) is 3.60. The van der Waals surface area contributed by atoms with E-state index in [1.165, 1.54) is 0 Å². The molecule has 2 atom stereocenters. The van der Waals surface area contributed by atoms with E-state index in [1.54, 1.807) is 11.9 Å². The van der Waals surface area contributed by atoms with Gasteiger partial charge in [-0.2, -0.15) is 0 Å². The predicted octanol–water partition coefficient (Wildman–Crippen LogP) is 1.62. The Kier molecular flexibility index (Phi) is 5.51. The Hall–Kier alpha value is -2.80. The number of nitrogens with one attached hydrogen (secondary N) is 1. The molecule has 142 valence electrons. The molecule has 1 saturated heterocycles.